The molecule has 0 saturated heterocycles. The van der Waals surface area contributed by atoms with E-state index in [1.807, 2.05) is 24.3 Å². The lowest BCUT2D eigenvalue weighted by Gasteiger charge is -2.26. The Morgan fingerprint density at radius 3 is 1.32 bits per heavy atom. The zero-order valence-corrected chi connectivity index (χ0v) is 14.9. The monoisotopic (exact) mass is 344 g/mol. The fraction of sp³-hybridized carbons (Fsp3) is 0.429. The summed E-state index contributed by atoms with van der Waals surface area (Å²) in [7, 11) is 0. The molecule has 0 spiro atoms. The van der Waals surface area contributed by atoms with E-state index in [4.69, 9.17) is 10.2 Å². The van der Waals surface area contributed by atoms with Crippen molar-refractivity contribution in [1.29, 1.82) is 0 Å². The summed E-state index contributed by atoms with van der Waals surface area (Å²) in [6.07, 6.45) is 4.21. The van der Waals surface area contributed by atoms with Crippen LogP contribution in [-0.2, 0) is 5.41 Å². The molecular formula is C21H28O4. The van der Waals surface area contributed by atoms with Crippen LogP contribution in [-0.4, -0.2) is 26.2 Å². The van der Waals surface area contributed by atoms with Gasteiger partial charge in [0.05, 0.1) is 0 Å². The minimum absolute atomic E-state index is 0.151. The van der Waals surface area contributed by atoms with Crippen LogP contribution < -0.4 is 0 Å². The van der Waals surface area contributed by atoms with E-state index in [1.54, 1.807) is 24.3 Å². The molecule has 0 bridgehead atoms. The fourth-order valence-electron chi connectivity index (χ4n) is 3.04. The van der Waals surface area contributed by atoms with Crippen LogP contribution >= 0.6 is 0 Å². The molecule has 0 aliphatic heterocycles. The van der Waals surface area contributed by atoms with Gasteiger partial charge in [-0.2, -0.15) is 0 Å². The second-order valence-corrected chi connectivity index (χ2v) is 7.26. The van der Waals surface area contributed by atoms with Gasteiger partial charge in [-0.3, -0.25) is 0 Å². The lowest BCUT2D eigenvalue weighted by atomic mass is 9.78. The first-order valence-electron chi connectivity index (χ1n) is 8.74. The molecule has 1 aliphatic carbocycles. The van der Waals surface area contributed by atoms with Crippen LogP contribution in [0.4, 0.5) is 0 Å². The van der Waals surface area contributed by atoms with Gasteiger partial charge in [0.25, 0.3) is 0 Å². The average Bonchev–Trinajstić information content (AvgIpc) is 2.56. The number of hydrogen-bond donors (Lipinski definition) is 4. The Morgan fingerprint density at radius 1 is 0.680 bits per heavy atom. The summed E-state index contributed by atoms with van der Waals surface area (Å²) in [6, 6.07) is 14.4. The molecule has 0 radical (unpaired) electrons. The van der Waals surface area contributed by atoms with Gasteiger partial charge >= 0.3 is 0 Å². The highest BCUT2D eigenvalue weighted by Gasteiger charge is 2.25. The van der Waals surface area contributed by atoms with Gasteiger partial charge in [0.2, 0.25) is 0 Å². The summed E-state index contributed by atoms with van der Waals surface area (Å²) in [5.41, 5.74) is 2.10. The first kappa shape index (κ1) is 19.3. The Balaban J connectivity index is 0.000000236. The topological polar surface area (TPSA) is 80.9 Å². The molecule has 0 amide bonds. The van der Waals surface area contributed by atoms with Gasteiger partial charge in [-0.05, 0) is 48.2 Å². The number of rotatable bonds is 2. The number of aliphatic hydroxyl groups is 2. The lowest BCUT2D eigenvalue weighted by molar-refractivity contribution is -0.180. The van der Waals surface area contributed by atoms with Crippen molar-refractivity contribution in [2.75, 3.05) is 0 Å². The maximum absolute atomic E-state index is 9.30. The molecule has 1 aliphatic rings. The van der Waals surface area contributed by atoms with Crippen molar-refractivity contribution < 1.29 is 20.4 Å². The first-order chi connectivity index (χ1) is 11.7. The van der Waals surface area contributed by atoms with Crippen molar-refractivity contribution in [3.63, 3.8) is 0 Å². The van der Waals surface area contributed by atoms with Crippen molar-refractivity contribution in [1.82, 2.24) is 0 Å². The molecule has 1 saturated carbocycles. The van der Waals surface area contributed by atoms with Crippen LogP contribution in [0.2, 0.25) is 0 Å². The summed E-state index contributed by atoms with van der Waals surface area (Å²) < 4.78 is 0. The van der Waals surface area contributed by atoms with Crippen LogP contribution in [0.1, 0.15) is 57.1 Å². The summed E-state index contributed by atoms with van der Waals surface area (Å²) in [6.45, 7) is 4.23. The zero-order chi connectivity index (χ0) is 18.5. The van der Waals surface area contributed by atoms with E-state index in [-0.39, 0.29) is 16.9 Å². The van der Waals surface area contributed by atoms with Crippen LogP contribution in [0.5, 0.6) is 11.5 Å². The van der Waals surface area contributed by atoms with Crippen molar-refractivity contribution in [3.05, 3.63) is 59.7 Å². The third kappa shape index (κ3) is 5.48. The number of aromatic hydroxyl groups is 2. The molecule has 2 aromatic carbocycles. The number of hydrogen-bond acceptors (Lipinski definition) is 4. The Labute approximate surface area is 149 Å². The molecule has 3 rings (SSSR count). The molecule has 0 atom stereocenters. The number of benzene rings is 2. The largest absolute Gasteiger partial charge is 0.508 e. The van der Waals surface area contributed by atoms with E-state index in [0.29, 0.717) is 12.8 Å². The third-order valence-electron chi connectivity index (χ3n) is 4.83. The molecule has 2 aromatic rings. The maximum atomic E-state index is 9.30. The highest BCUT2D eigenvalue weighted by molar-refractivity contribution is 5.41. The van der Waals surface area contributed by atoms with Crippen LogP contribution in [0.15, 0.2) is 48.5 Å². The van der Waals surface area contributed by atoms with E-state index in [9.17, 15) is 10.2 Å². The van der Waals surface area contributed by atoms with Crippen LogP contribution in [0.3, 0.4) is 0 Å². The average molecular weight is 344 g/mol. The van der Waals surface area contributed by atoms with Crippen molar-refractivity contribution in [3.8, 4) is 11.5 Å². The quantitative estimate of drug-likeness (QED) is 0.620. The van der Waals surface area contributed by atoms with Crippen molar-refractivity contribution >= 4 is 0 Å². The molecule has 4 N–H and O–H groups in total. The standard InChI is InChI=1S/C15H16O2.C6H12O2/c1-15(2,11-3-7-13(16)8-4-11)12-5-9-14(17)10-6-12;7-6(8)4-2-1-3-5-6/h3-10,16-17H,1-2H3;7-8H,1-5H2. The summed E-state index contributed by atoms with van der Waals surface area (Å²) >= 11 is 0. The number of phenolic OH excluding ortho intramolecular Hbond substituents is 2. The third-order valence-corrected chi connectivity index (χ3v) is 4.83. The summed E-state index contributed by atoms with van der Waals surface area (Å²) in [4.78, 5) is 0. The second kappa shape index (κ2) is 7.89. The first-order valence-corrected chi connectivity index (χ1v) is 8.74. The summed E-state index contributed by atoms with van der Waals surface area (Å²) in [5, 5.41) is 36.5. The lowest BCUT2D eigenvalue weighted by Crippen LogP contribution is -2.30. The van der Waals surface area contributed by atoms with Gasteiger partial charge in [0.15, 0.2) is 5.79 Å². The van der Waals surface area contributed by atoms with Crippen molar-refractivity contribution in [2.24, 2.45) is 0 Å². The Bertz CT molecular complexity index is 602. The van der Waals surface area contributed by atoms with Crippen LogP contribution in [0.25, 0.3) is 0 Å². The predicted molar refractivity (Wildman–Crippen MR) is 98.6 cm³/mol. The minimum Gasteiger partial charge on any atom is -0.508 e. The van der Waals surface area contributed by atoms with Gasteiger partial charge in [0, 0.05) is 18.3 Å². The fourth-order valence-corrected chi connectivity index (χ4v) is 3.04. The number of phenols is 2. The van der Waals surface area contributed by atoms with E-state index in [2.05, 4.69) is 13.8 Å². The van der Waals surface area contributed by atoms with Gasteiger partial charge in [-0.15, -0.1) is 0 Å². The smallest absolute Gasteiger partial charge is 0.162 e. The minimum atomic E-state index is -1.32. The molecule has 4 heteroatoms. The molecule has 0 aromatic heterocycles. The van der Waals surface area contributed by atoms with E-state index in [0.717, 1.165) is 30.4 Å². The molecule has 1 fully saturated rings. The van der Waals surface area contributed by atoms with Gasteiger partial charge in [-0.25, -0.2) is 0 Å². The SMILES string of the molecule is CC(C)(c1ccc(O)cc1)c1ccc(O)cc1.OC1(O)CCCCC1. The zero-order valence-electron chi connectivity index (χ0n) is 14.9. The van der Waals surface area contributed by atoms with Gasteiger partial charge in [0.1, 0.15) is 11.5 Å². The molecular weight excluding hydrogens is 316 g/mol. The maximum Gasteiger partial charge on any atom is 0.162 e. The van der Waals surface area contributed by atoms with E-state index < -0.39 is 5.79 Å². The second-order valence-electron chi connectivity index (χ2n) is 7.26. The molecule has 0 heterocycles. The van der Waals surface area contributed by atoms with Crippen molar-refractivity contribution in [2.45, 2.75) is 57.2 Å². The summed E-state index contributed by atoms with van der Waals surface area (Å²) in [5.74, 6) is -0.774. The predicted octanol–water partition coefficient (Wildman–Crippen LogP) is 4.06. The molecule has 136 valence electrons. The van der Waals surface area contributed by atoms with Gasteiger partial charge < -0.3 is 20.4 Å². The normalized spacial score (nSPS) is 16.6. The Morgan fingerprint density at radius 2 is 1.04 bits per heavy atom. The van der Waals surface area contributed by atoms with Gasteiger partial charge in [-0.1, -0.05) is 44.5 Å². The van der Waals surface area contributed by atoms with E-state index in [1.165, 1.54) is 0 Å². The molecule has 0 unspecified atom stereocenters. The van der Waals surface area contributed by atoms with Crippen LogP contribution in [0, 0.1) is 0 Å². The Hall–Kier alpha value is -2.04. The highest BCUT2D eigenvalue weighted by Crippen LogP contribution is 2.32. The Kier molecular flexibility index (Phi) is 6.09. The molecule has 25 heavy (non-hydrogen) atoms. The molecule has 4 nitrogen and oxygen atoms in total. The van der Waals surface area contributed by atoms with E-state index >= 15 is 0 Å². The highest BCUT2D eigenvalue weighted by atomic mass is 16.5.